The lowest BCUT2D eigenvalue weighted by Gasteiger charge is -2.10. The van der Waals surface area contributed by atoms with Crippen LogP contribution < -0.4 is 5.69 Å². The maximum absolute atomic E-state index is 12.2. The van der Waals surface area contributed by atoms with E-state index in [1.165, 1.54) is 22.4 Å². The first-order valence-corrected chi connectivity index (χ1v) is 8.94. The molecule has 0 saturated heterocycles. The summed E-state index contributed by atoms with van der Waals surface area (Å²) in [4.78, 5) is 26.1. The van der Waals surface area contributed by atoms with Gasteiger partial charge in [0.1, 0.15) is 0 Å². The van der Waals surface area contributed by atoms with E-state index in [0.717, 1.165) is 27.8 Å². The van der Waals surface area contributed by atoms with Gasteiger partial charge >= 0.3 is 5.69 Å². The highest BCUT2D eigenvalue weighted by Gasteiger charge is 2.26. The molecule has 6 nitrogen and oxygen atoms in total. The molecular formula is C21H21N3O3. The first-order valence-electron chi connectivity index (χ1n) is 8.94. The van der Waals surface area contributed by atoms with Gasteiger partial charge in [-0.1, -0.05) is 30.3 Å². The topological polar surface area (TPSA) is 67.5 Å². The van der Waals surface area contributed by atoms with Gasteiger partial charge in [-0.15, -0.1) is 0 Å². The van der Waals surface area contributed by atoms with Gasteiger partial charge in [0.15, 0.2) is 0 Å². The molecular weight excluding hydrogens is 342 g/mol. The average molecular weight is 363 g/mol. The van der Waals surface area contributed by atoms with E-state index in [0.29, 0.717) is 19.6 Å². The molecule has 0 bridgehead atoms. The standard InChI is InChI=1S/C21H21N3O3/c1-3-23-12-17-10-16(8-9-18(17)20(23)26)15-6-4-14(5-7-15)11-24-13-19(25)22(2)21(24)27/h4-10,13,25H,3,11-12H2,1-2H3. The summed E-state index contributed by atoms with van der Waals surface area (Å²) < 4.78 is 2.68. The molecule has 2 heterocycles. The minimum absolute atomic E-state index is 0.0505. The van der Waals surface area contributed by atoms with Crippen LogP contribution in [0.5, 0.6) is 5.88 Å². The minimum atomic E-state index is -0.250. The lowest BCUT2D eigenvalue weighted by atomic mass is 9.99. The molecule has 138 valence electrons. The molecule has 1 aromatic heterocycles. The number of aromatic hydroxyl groups is 1. The van der Waals surface area contributed by atoms with Gasteiger partial charge in [-0.3, -0.25) is 13.9 Å². The fourth-order valence-corrected chi connectivity index (χ4v) is 3.50. The normalized spacial score (nSPS) is 13.3. The van der Waals surface area contributed by atoms with Gasteiger partial charge in [-0.25, -0.2) is 4.79 Å². The quantitative estimate of drug-likeness (QED) is 0.775. The number of carbonyl (C=O) groups is 1. The first-order chi connectivity index (χ1) is 13.0. The molecule has 1 amide bonds. The second-order valence-electron chi connectivity index (χ2n) is 6.84. The fraction of sp³-hybridized carbons (Fsp3) is 0.238. The van der Waals surface area contributed by atoms with Crippen molar-refractivity contribution in [3.63, 3.8) is 0 Å². The Morgan fingerprint density at radius 2 is 1.74 bits per heavy atom. The first kappa shape index (κ1) is 17.1. The summed E-state index contributed by atoms with van der Waals surface area (Å²) in [6.45, 7) is 3.77. The Morgan fingerprint density at radius 1 is 1.04 bits per heavy atom. The van der Waals surface area contributed by atoms with Gasteiger partial charge in [0.2, 0.25) is 5.88 Å². The van der Waals surface area contributed by atoms with Crippen molar-refractivity contribution in [2.45, 2.75) is 20.0 Å². The molecule has 0 atom stereocenters. The van der Waals surface area contributed by atoms with Crippen LogP contribution in [-0.4, -0.2) is 31.6 Å². The summed E-state index contributed by atoms with van der Waals surface area (Å²) in [5, 5.41) is 9.64. The Kier molecular flexibility index (Phi) is 4.11. The van der Waals surface area contributed by atoms with Crippen molar-refractivity contribution in [2.24, 2.45) is 7.05 Å². The minimum Gasteiger partial charge on any atom is -0.493 e. The largest absolute Gasteiger partial charge is 0.493 e. The van der Waals surface area contributed by atoms with Gasteiger partial charge in [0, 0.05) is 25.7 Å². The van der Waals surface area contributed by atoms with Gasteiger partial charge in [0.05, 0.1) is 12.7 Å². The molecule has 2 aromatic carbocycles. The van der Waals surface area contributed by atoms with Gasteiger partial charge in [-0.2, -0.15) is 0 Å². The lowest BCUT2D eigenvalue weighted by Crippen LogP contribution is -2.22. The van der Waals surface area contributed by atoms with E-state index in [2.05, 4.69) is 6.07 Å². The number of fused-ring (bicyclic) bond motifs is 1. The summed E-state index contributed by atoms with van der Waals surface area (Å²) >= 11 is 0. The van der Waals surface area contributed by atoms with Crippen LogP contribution in [0.15, 0.2) is 53.5 Å². The summed E-state index contributed by atoms with van der Waals surface area (Å²) in [6.07, 6.45) is 1.44. The van der Waals surface area contributed by atoms with Crippen LogP contribution in [0.1, 0.15) is 28.4 Å². The van der Waals surface area contributed by atoms with E-state index >= 15 is 0 Å². The van der Waals surface area contributed by atoms with Crippen LogP contribution in [-0.2, 0) is 20.1 Å². The van der Waals surface area contributed by atoms with E-state index in [-0.39, 0.29) is 17.5 Å². The maximum atomic E-state index is 12.2. The smallest absolute Gasteiger partial charge is 0.331 e. The molecule has 27 heavy (non-hydrogen) atoms. The van der Waals surface area contributed by atoms with Gasteiger partial charge in [0.25, 0.3) is 5.91 Å². The third-order valence-electron chi connectivity index (χ3n) is 5.15. The molecule has 0 fully saturated rings. The molecule has 0 radical (unpaired) electrons. The lowest BCUT2D eigenvalue weighted by molar-refractivity contribution is 0.0787. The van der Waals surface area contributed by atoms with Crippen molar-refractivity contribution in [3.05, 3.63) is 75.8 Å². The molecule has 6 heteroatoms. The number of hydrogen-bond donors (Lipinski definition) is 1. The highest BCUT2D eigenvalue weighted by Crippen LogP contribution is 2.28. The van der Waals surface area contributed by atoms with Gasteiger partial charge in [-0.05, 0) is 41.3 Å². The van der Waals surface area contributed by atoms with E-state index in [1.807, 2.05) is 48.2 Å². The maximum Gasteiger partial charge on any atom is 0.331 e. The fourth-order valence-electron chi connectivity index (χ4n) is 3.50. The number of amides is 1. The number of aromatic nitrogens is 2. The number of rotatable bonds is 4. The van der Waals surface area contributed by atoms with E-state index in [9.17, 15) is 14.7 Å². The predicted molar refractivity (Wildman–Crippen MR) is 103 cm³/mol. The summed E-state index contributed by atoms with van der Waals surface area (Å²) in [5.74, 6) is 0.0522. The van der Waals surface area contributed by atoms with Crippen molar-refractivity contribution in [1.82, 2.24) is 14.0 Å². The van der Waals surface area contributed by atoms with Gasteiger partial charge < -0.3 is 10.0 Å². The zero-order chi connectivity index (χ0) is 19.1. The number of carbonyl (C=O) groups excluding carboxylic acids is 1. The van der Waals surface area contributed by atoms with E-state index < -0.39 is 0 Å². The molecule has 0 aliphatic carbocycles. The molecule has 4 rings (SSSR count). The second-order valence-corrected chi connectivity index (χ2v) is 6.84. The molecule has 0 saturated carbocycles. The number of benzene rings is 2. The SMILES string of the molecule is CCN1Cc2cc(-c3ccc(Cn4cc(O)n(C)c4=O)cc3)ccc2C1=O. The van der Waals surface area contributed by atoms with Crippen molar-refractivity contribution in [2.75, 3.05) is 6.54 Å². The number of nitrogens with zero attached hydrogens (tertiary/aromatic N) is 3. The zero-order valence-corrected chi connectivity index (χ0v) is 15.3. The van der Waals surface area contributed by atoms with Crippen molar-refractivity contribution < 1.29 is 9.90 Å². The molecule has 1 N–H and O–H groups in total. The Labute approximate surface area is 156 Å². The summed E-state index contributed by atoms with van der Waals surface area (Å²) in [5.41, 5.74) is 4.71. The Morgan fingerprint density at radius 3 is 2.37 bits per heavy atom. The molecule has 0 unspecified atom stereocenters. The van der Waals surface area contributed by atoms with Crippen molar-refractivity contribution >= 4 is 5.91 Å². The van der Waals surface area contributed by atoms with Crippen LogP contribution in [0, 0.1) is 0 Å². The van der Waals surface area contributed by atoms with Crippen LogP contribution in [0.3, 0.4) is 0 Å². The highest BCUT2D eigenvalue weighted by atomic mass is 16.3. The molecule has 0 spiro atoms. The second kappa shape index (κ2) is 6.46. The Hall–Kier alpha value is -3.28. The van der Waals surface area contributed by atoms with Crippen LogP contribution >= 0.6 is 0 Å². The summed E-state index contributed by atoms with van der Waals surface area (Å²) in [7, 11) is 1.54. The zero-order valence-electron chi connectivity index (χ0n) is 15.3. The summed E-state index contributed by atoms with van der Waals surface area (Å²) in [6, 6.07) is 13.9. The number of imidazole rings is 1. The molecule has 1 aliphatic heterocycles. The average Bonchev–Trinajstić information content (AvgIpc) is 3.13. The monoisotopic (exact) mass is 363 g/mol. The highest BCUT2D eigenvalue weighted by molar-refractivity contribution is 5.99. The predicted octanol–water partition coefficient (Wildman–Crippen LogP) is 2.58. The van der Waals surface area contributed by atoms with E-state index in [4.69, 9.17) is 0 Å². The van der Waals surface area contributed by atoms with Crippen molar-refractivity contribution in [1.29, 1.82) is 0 Å². The number of hydrogen-bond acceptors (Lipinski definition) is 3. The molecule has 1 aliphatic rings. The third kappa shape index (κ3) is 2.93. The van der Waals surface area contributed by atoms with Crippen LogP contribution in [0.4, 0.5) is 0 Å². The van der Waals surface area contributed by atoms with Crippen LogP contribution in [0.2, 0.25) is 0 Å². The Bertz CT molecular complexity index is 1080. The molecule has 3 aromatic rings. The van der Waals surface area contributed by atoms with Crippen LogP contribution in [0.25, 0.3) is 11.1 Å². The third-order valence-corrected chi connectivity index (χ3v) is 5.15. The van der Waals surface area contributed by atoms with E-state index in [1.54, 1.807) is 0 Å². The Balaban J connectivity index is 1.57. The van der Waals surface area contributed by atoms with Crippen molar-refractivity contribution in [3.8, 4) is 17.0 Å².